The van der Waals surface area contributed by atoms with E-state index in [4.69, 9.17) is 4.74 Å². The van der Waals surface area contributed by atoms with Crippen LogP contribution in [0.3, 0.4) is 0 Å². The summed E-state index contributed by atoms with van der Waals surface area (Å²) in [6, 6.07) is 0. The Morgan fingerprint density at radius 2 is 2.18 bits per heavy atom. The molecule has 0 unspecified atom stereocenters. The maximum absolute atomic E-state index is 5.56. The summed E-state index contributed by atoms with van der Waals surface area (Å²) in [6.45, 7) is 13.1. The molecule has 1 heterocycles. The van der Waals surface area contributed by atoms with Gasteiger partial charge in [-0.15, -0.1) is 10.2 Å². The molecule has 0 bridgehead atoms. The molecule has 0 aliphatic carbocycles. The summed E-state index contributed by atoms with van der Waals surface area (Å²) in [5, 5.41) is 14.5. The number of hydrogen-bond acceptors (Lipinski definition) is 4. The molecule has 0 fully saturated rings. The third-order valence-corrected chi connectivity index (χ3v) is 2.97. The van der Waals surface area contributed by atoms with Crippen molar-refractivity contribution in [1.82, 2.24) is 25.4 Å². The van der Waals surface area contributed by atoms with Gasteiger partial charge < -0.3 is 19.9 Å². The fourth-order valence-electron chi connectivity index (χ4n) is 1.86. The summed E-state index contributed by atoms with van der Waals surface area (Å²) in [7, 11) is 0. The first-order valence-corrected chi connectivity index (χ1v) is 8.13. The standard InChI is InChI=1S/C15H30N6O/c1-5-16-15(17-8-7-9-22-11-13(3)4)18-10-14-20-19-12-21(14)6-2/h12-13H,5-11H2,1-4H3,(H2,16,17,18). The van der Waals surface area contributed by atoms with E-state index in [-0.39, 0.29) is 0 Å². The van der Waals surface area contributed by atoms with Crippen LogP contribution in [0.25, 0.3) is 0 Å². The molecule has 1 aromatic rings. The lowest BCUT2D eigenvalue weighted by Crippen LogP contribution is -2.38. The first-order valence-electron chi connectivity index (χ1n) is 8.13. The minimum Gasteiger partial charge on any atom is -0.381 e. The first kappa shape index (κ1) is 18.4. The Bertz CT molecular complexity index is 429. The van der Waals surface area contributed by atoms with Crippen molar-refractivity contribution in [2.75, 3.05) is 26.3 Å². The van der Waals surface area contributed by atoms with Crippen molar-refractivity contribution in [1.29, 1.82) is 0 Å². The van der Waals surface area contributed by atoms with E-state index >= 15 is 0 Å². The molecule has 126 valence electrons. The Morgan fingerprint density at radius 1 is 1.36 bits per heavy atom. The summed E-state index contributed by atoms with van der Waals surface area (Å²) < 4.78 is 7.56. The fourth-order valence-corrected chi connectivity index (χ4v) is 1.86. The van der Waals surface area contributed by atoms with E-state index in [1.54, 1.807) is 6.33 Å². The van der Waals surface area contributed by atoms with Gasteiger partial charge in [0, 0.05) is 32.8 Å². The van der Waals surface area contributed by atoms with Crippen molar-refractivity contribution in [3.05, 3.63) is 12.2 Å². The Kier molecular flexibility index (Phi) is 9.21. The summed E-state index contributed by atoms with van der Waals surface area (Å²) >= 11 is 0. The molecule has 0 saturated heterocycles. The monoisotopic (exact) mass is 310 g/mol. The van der Waals surface area contributed by atoms with Crippen LogP contribution in [0, 0.1) is 5.92 Å². The molecule has 0 saturated carbocycles. The Labute approximate surface area is 133 Å². The minimum absolute atomic E-state index is 0.521. The van der Waals surface area contributed by atoms with Gasteiger partial charge in [-0.2, -0.15) is 0 Å². The van der Waals surface area contributed by atoms with Crippen molar-refractivity contribution in [3.63, 3.8) is 0 Å². The Hall–Kier alpha value is -1.63. The lowest BCUT2D eigenvalue weighted by Gasteiger charge is -2.12. The molecule has 1 rings (SSSR count). The number of aryl methyl sites for hydroxylation is 1. The smallest absolute Gasteiger partial charge is 0.191 e. The fraction of sp³-hybridized carbons (Fsp3) is 0.800. The van der Waals surface area contributed by atoms with Gasteiger partial charge in [0.15, 0.2) is 11.8 Å². The quantitative estimate of drug-likeness (QED) is 0.388. The van der Waals surface area contributed by atoms with Crippen molar-refractivity contribution in [3.8, 4) is 0 Å². The highest BCUT2D eigenvalue weighted by atomic mass is 16.5. The molecule has 1 aromatic heterocycles. The zero-order chi connectivity index (χ0) is 16.2. The predicted molar refractivity (Wildman–Crippen MR) is 88.8 cm³/mol. The van der Waals surface area contributed by atoms with Gasteiger partial charge in [-0.05, 0) is 26.2 Å². The summed E-state index contributed by atoms with van der Waals surface area (Å²) in [5.41, 5.74) is 0. The second kappa shape index (κ2) is 11.0. The van der Waals surface area contributed by atoms with E-state index in [1.807, 2.05) is 4.57 Å². The molecular formula is C15H30N6O. The first-order chi connectivity index (χ1) is 10.7. The molecular weight excluding hydrogens is 280 g/mol. The normalized spacial score (nSPS) is 12.0. The number of aromatic nitrogens is 3. The summed E-state index contributed by atoms with van der Waals surface area (Å²) in [4.78, 5) is 4.54. The van der Waals surface area contributed by atoms with Crippen LogP contribution in [-0.2, 0) is 17.8 Å². The van der Waals surface area contributed by atoms with Gasteiger partial charge >= 0.3 is 0 Å². The average Bonchev–Trinajstić information content (AvgIpc) is 2.95. The summed E-state index contributed by atoms with van der Waals surface area (Å²) in [6.07, 6.45) is 2.69. The zero-order valence-corrected chi connectivity index (χ0v) is 14.3. The number of hydrogen-bond donors (Lipinski definition) is 2. The van der Waals surface area contributed by atoms with Crippen LogP contribution < -0.4 is 10.6 Å². The van der Waals surface area contributed by atoms with Gasteiger partial charge in [0.2, 0.25) is 0 Å². The van der Waals surface area contributed by atoms with Gasteiger partial charge in [0.25, 0.3) is 0 Å². The molecule has 0 spiro atoms. The topological polar surface area (TPSA) is 76.4 Å². The minimum atomic E-state index is 0.521. The van der Waals surface area contributed by atoms with Crippen LogP contribution in [-0.4, -0.2) is 47.0 Å². The summed E-state index contributed by atoms with van der Waals surface area (Å²) in [5.74, 6) is 2.26. The predicted octanol–water partition coefficient (Wildman–Crippen LogP) is 1.42. The number of nitrogens with zero attached hydrogens (tertiary/aromatic N) is 4. The second-order valence-corrected chi connectivity index (χ2v) is 5.48. The van der Waals surface area contributed by atoms with Crippen LogP contribution >= 0.6 is 0 Å². The maximum Gasteiger partial charge on any atom is 0.191 e. The van der Waals surface area contributed by atoms with E-state index in [9.17, 15) is 0 Å². The lowest BCUT2D eigenvalue weighted by atomic mass is 10.2. The van der Waals surface area contributed by atoms with Crippen LogP contribution in [0.5, 0.6) is 0 Å². The highest BCUT2D eigenvalue weighted by Crippen LogP contribution is 1.97. The van der Waals surface area contributed by atoms with Crippen molar-refractivity contribution in [2.45, 2.75) is 47.2 Å². The number of nitrogens with one attached hydrogen (secondary N) is 2. The van der Waals surface area contributed by atoms with Gasteiger partial charge in [0.05, 0.1) is 0 Å². The molecule has 0 aliphatic heterocycles. The average molecular weight is 310 g/mol. The molecule has 7 nitrogen and oxygen atoms in total. The second-order valence-electron chi connectivity index (χ2n) is 5.48. The number of guanidine groups is 1. The molecule has 0 amide bonds. The van der Waals surface area contributed by atoms with Crippen LogP contribution in [0.1, 0.15) is 39.9 Å². The van der Waals surface area contributed by atoms with Crippen molar-refractivity contribution >= 4 is 5.96 Å². The van der Waals surface area contributed by atoms with Gasteiger partial charge in [-0.25, -0.2) is 4.99 Å². The molecule has 0 atom stereocenters. The van der Waals surface area contributed by atoms with Crippen LogP contribution in [0.15, 0.2) is 11.3 Å². The number of aliphatic imine (C=N–C) groups is 1. The number of rotatable bonds is 10. The molecule has 0 aliphatic rings. The molecule has 7 heteroatoms. The van der Waals surface area contributed by atoms with Gasteiger partial charge in [-0.3, -0.25) is 0 Å². The molecule has 2 N–H and O–H groups in total. The van der Waals surface area contributed by atoms with E-state index in [1.165, 1.54) is 0 Å². The maximum atomic E-state index is 5.56. The Balaban J connectivity index is 2.33. The van der Waals surface area contributed by atoms with Crippen LogP contribution in [0.4, 0.5) is 0 Å². The largest absolute Gasteiger partial charge is 0.381 e. The molecule has 0 radical (unpaired) electrons. The van der Waals surface area contributed by atoms with Crippen LogP contribution in [0.2, 0.25) is 0 Å². The van der Waals surface area contributed by atoms with Crippen molar-refractivity contribution in [2.24, 2.45) is 10.9 Å². The number of ether oxygens (including phenoxy) is 1. The highest BCUT2D eigenvalue weighted by molar-refractivity contribution is 5.79. The molecule has 22 heavy (non-hydrogen) atoms. The van der Waals surface area contributed by atoms with E-state index in [0.29, 0.717) is 12.5 Å². The lowest BCUT2D eigenvalue weighted by molar-refractivity contribution is 0.108. The Morgan fingerprint density at radius 3 is 2.86 bits per heavy atom. The zero-order valence-electron chi connectivity index (χ0n) is 14.3. The third-order valence-electron chi connectivity index (χ3n) is 2.97. The van der Waals surface area contributed by atoms with Gasteiger partial charge in [0.1, 0.15) is 12.9 Å². The van der Waals surface area contributed by atoms with Gasteiger partial charge in [-0.1, -0.05) is 13.8 Å². The van der Waals surface area contributed by atoms with E-state index < -0.39 is 0 Å². The van der Waals surface area contributed by atoms with E-state index in [0.717, 1.165) is 51.1 Å². The van der Waals surface area contributed by atoms with Crippen molar-refractivity contribution < 1.29 is 4.74 Å². The third kappa shape index (κ3) is 7.40. The SMILES string of the molecule is CCNC(=NCc1nncn1CC)NCCCOCC(C)C. The molecule has 0 aromatic carbocycles. The van der Waals surface area contributed by atoms with E-state index in [2.05, 4.69) is 53.5 Å². The highest BCUT2D eigenvalue weighted by Gasteiger charge is 2.03.